The van der Waals surface area contributed by atoms with Gasteiger partial charge >= 0.3 is 0 Å². The summed E-state index contributed by atoms with van der Waals surface area (Å²) in [6.45, 7) is 5.78. The molecule has 0 bridgehead atoms. The van der Waals surface area contributed by atoms with Gasteiger partial charge in [0.25, 0.3) is 0 Å². The minimum absolute atomic E-state index is 0.380. The van der Waals surface area contributed by atoms with Gasteiger partial charge in [-0.15, -0.1) is 0 Å². The quantitative estimate of drug-likeness (QED) is 0.687. The molecule has 2 heterocycles. The van der Waals surface area contributed by atoms with Crippen molar-refractivity contribution in [2.24, 2.45) is 17.8 Å². The van der Waals surface area contributed by atoms with Gasteiger partial charge in [-0.25, -0.2) is 0 Å². The summed E-state index contributed by atoms with van der Waals surface area (Å²) in [6.07, 6.45) is 1.55. The Morgan fingerprint density at radius 1 is 1.36 bits per heavy atom. The maximum Gasteiger partial charge on any atom is 0.0700 e. The maximum atomic E-state index is 5.65. The van der Waals surface area contributed by atoms with E-state index in [-0.39, 0.29) is 0 Å². The van der Waals surface area contributed by atoms with E-state index in [2.05, 4.69) is 6.92 Å². The van der Waals surface area contributed by atoms with Crippen LogP contribution in [0.4, 0.5) is 0 Å². The van der Waals surface area contributed by atoms with Crippen molar-refractivity contribution < 1.29 is 14.2 Å². The first-order chi connectivity index (χ1) is 6.83. The highest BCUT2D eigenvalue weighted by Crippen LogP contribution is 2.35. The standard InChI is InChI=1S/C11H20O3/c1-8-3-4-13-7-10(8)11-9(5-12-2)6-14-11/h8-11H,3-7H2,1-2H3. The lowest BCUT2D eigenvalue weighted by Gasteiger charge is -2.45. The normalized spacial score (nSPS) is 43.3. The highest BCUT2D eigenvalue weighted by atomic mass is 16.5. The molecule has 0 aromatic rings. The van der Waals surface area contributed by atoms with Gasteiger partial charge in [0.15, 0.2) is 0 Å². The van der Waals surface area contributed by atoms with Crippen molar-refractivity contribution in [3.05, 3.63) is 0 Å². The molecule has 3 heteroatoms. The van der Waals surface area contributed by atoms with Crippen molar-refractivity contribution in [2.45, 2.75) is 19.4 Å². The van der Waals surface area contributed by atoms with Gasteiger partial charge in [-0.1, -0.05) is 6.92 Å². The van der Waals surface area contributed by atoms with Crippen molar-refractivity contribution in [3.63, 3.8) is 0 Å². The molecular formula is C11H20O3. The third kappa shape index (κ3) is 1.95. The van der Waals surface area contributed by atoms with E-state index in [9.17, 15) is 0 Å². The molecule has 2 aliphatic rings. The van der Waals surface area contributed by atoms with Gasteiger partial charge < -0.3 is 14.2 Å². The summed E-state index contributed by atoms with van der Waals surface area (Å²) in [5.41, 5.74) is 0. The second-order valence-electron chi connectivity index (χ2n) is 4.52. The molecule has 4 unspecified atom stereocenters. The summed E-state index contributed by atoms with van der Waals surface area (Å²) in [4.78, 5) is 0. The Morgan fingerprint density at radius 3 is 2.79 bits per heavy atom. The first kappa shape index (κ1) is 10.4. The molecule has 0 saturated carbocycles. The number of ether oxygens (including phenoxy) is 3. The first-order valence-electron chi connectivity index (χ1n) is 5.51. The molecule has 4 atom stereocenters. The first-order valence-corrected chi connectivity index (χ1v) is 5.51. The molecule has 0 aromatic carbocycles. The van der Waals surface area contributed by atoms with E-state index in [4.69, 9.17) is 14.2 Å². The summed E-state index contributed by atoms with van der Waals surface area (Å²) >= 11 is 0. The van der Waals surface area contributed by atoms with Gasteiger partial charge in [0.05, 0.1) is 25.9 Å². The highest BCUT2D eigenvalue weighted by Gasteiger charge is 2.41. The van der Waals surface area contributed by atoms with E-state index in [1.54, 1.807) is 7.11 Å². The lowest BCUT2D eigenvalue weighted by molar-refractivity contribution is -0.189. The van der Waals surface area contributed by atoms with Gasteiger partial charge in [0.2, 0.25) is 0 Å². The third-order valence-corrected chi connectivity index (χ3v) is 3.53. The largest absolute Gasteiger partial charge is 0.384 e. The molecule has 2 fully saturated rings. The number of rotatable bonds is 3. The monoisotopic (exact) mass is 200 g/mol. The summed E-state index contributed by atoms with van der Waals surface area (Å²) < 4.78 is 16.3. The number of methoxy groups -OCH3 is 1. The summed E-state index contributed by atoms with van der Waals surface area (Å²) in [5.74, 6) is 1.90. The topological polar surface area (TPSA) is 27.7 Å². The van der Waals surface area contributed by atoms with Crippen LogP contribution in [-0.2, 0) is 14.2 Å². The predicted molar refractivity (Wildman–Crippen MR) is 53.2 cm³/mol. The van der Waals surface area contributed by atoms with Crippen LogP contribution in [0.25, 0.3) is 0 Å². The van der Waals surface area contributed by atoms with Gasteiger partial charge in [-0.3, -0.25) is 0 Å². The minimum Gasteiger partial charge on any atom is -0.384 e. The summed E-state index contributed by atoms with van der Waals surface area (Å²) in [7, 11) is 1.76. The lowest BCUT2D eigenvalue weighted by atomic mass is 9.78. The third-order valence-electron chi connectivity index (χ3n) is 3.53. The van der Waals surface area contributed by atoms with Gasteiger partial charge in [0, 0.05) is 25.6 Å². The molecule has 0 aromatic heterocycles. The highest BCUT2D eigenvalue weighted by molar-refractivity contribution is 4.88. The summed E-state index contributed by atoms with van der Waals surface area (Å²) in [6, 6.07) is 0. The van der Waals surface area contributed by atoms with Crippen LogP contribution >= 0.6 is 0 Å². The Kier molecular flexibility index (Phi) is 3.42. The van der Waals surface area contributed by atoms with Crippen molar-refractivity contribution >= 4 is 0 Å². The Balaban J connectivity index is 1.87. The zero-order chi connectivity index (χ0) is 9.97. The van der Waals surface area contributed by atoms with Crippen LogP contribution in [0.15, 0.2) is 0 Å². The lowest BCUT2D eigenvalue weighted by Crippen LogP contribution is -2.51. The fourth-order valence-corrected chi connectivity index (χ4v) is 2.46. The molecule has 3 nitrogen and oxygen atoms in total. The average molecular weight is 200 g/mol. The second-order valence-corrected chi connectivity index (χ2v) is 4.52. The zero-order valence-electron chi connectivity index (χ0n) is 9.07. The smallest absolute Gasteiger partial charge is 0.0700 e. The SMILES string of the molecule is COCC1COC1C1COCCC1C. The van der Waals surface area contributed by atoms with Crippen molar-refractivity contribution in [1.82, 2.24) is 0 Å². The second kappa shape index (κ2) is 4.60. The van der Waals surface area contributed by atoms with Crippen LogP contribution in [0.5, 0.6) is 0 Å². The van der Waals surface area contributed by atoms with Crippen LogP contribution in [-0.4, -0.2) is 39.6 Å². The fourth-order valence-electron chi connectivity index (χ4n) is 2.46. The van der Waals surface area contributed by atoms with Crippen molar-refractivity contribution in [3.8, 4) is 0 Å². The molecule has 2 aliphatic heterocycles. The van der Waals surface area contributed by atoms with E-state index in [1.165, 1.54) is 6.42 Å². The molecule has 2 saturated heterocycles. The Morgan fingerprint density at radius 2 is 2.21 bits per heavy atom. The minimum atomic E-state index is 0.380. The Labute approximate surface area is 85.7 Å². The van der Waals surface area contributed by atoms with Crippen LogP contribution in [0.3, 0.4) is 0 Å². The van der Waals surface area contributed by atoms with Gasteiger partial charge in [0.1, 0.15) is 0 Å². The van der Waals surface area contributed by atoms with E-state index in [0.29, 0.717) is 17.9 Å². The predicted octanol–water partition coefficient (Wildman–Crippen LogP) is 1.32. The van der Waals surface area contributed by atoms with Crippen LogP contribution in [0.1, 0.15) is 13.3 Å². The molecule has 0 radical (unpaired) electrons. The number of hydrogen-bond acceptors (Lipinski definition) is 3. The maximum absolute atomic E-state index is 5.65. The number of hydrogen-bond donors (Lipinski definition) is 0. The van der Waals surface area contributed by atoms with Gasteiger partial charge in [-0.05, 0) is 12.3 Å². The summed E-state index contributed by atoms with van der Waals surface area (Å²) in [5, 5.41) is 0. The van der Waals surface area contributed by atoms with E-state index >= 15 is 0 Å². The van der Waals surface area contributed by atoms with Crippen LogP contribution in [0.2, 0.25) is 0 Å². The van der Waals surface area contributed by atoms with E-state index in [0.717, 1.165) is 32.3 Å². The van der Waals surface area contributed by atoms with E-state index in [1.807, 2.05) is 0 Å². The average Bonchev–Trinajstić information content (AvgIpc) is 2.16. The molecule has 14 heavy (non-hydrogen) atoms. The van der Waals surface area contributed by atoms with Crippen LogP contribution < -0.4 is 0 Å². The molecule has 0 N–H and O–H groups in total. The molecule has 2 rings (SSSR count). The Hall–Kier alpha value is -0.120. The molecule has 0 spiro atoms. The van der Waals surface area contributed by atoms with Crippen LogP contribution in [0, 0.1) is 17.8 Å². The fraction of sp³-hybridized carbons (Fsp3) is 1.00. The molecular weight excluding hydrogens is 180 g/mol. The molecule has 0 aliphatic carbocycles. The Bertz CT molecular complexity index is 183. The van der Waals surface area contributed by atoms with E-state index < -0.39 is 0 Å². The molecule has 82 valence electrons. The van der Waals surface area contributed by atoms with Crippen molar-refractivity contribution in [1.29, 1.82) is 0 Å². The van der Waals surface area contributed by atoms with Crippen molar-refractivity contribution in [2.75, 3.05) is 33.5 Å². The zero-order valence-corrected chi connectivity index (χ0v) is 9.07. The van der Waals surface area contributed by atoms with Gasteiger partial charge in [-0.2, -0.15) is 0 Å². The molecule has 0 amide bonds.